The molecular formula is C6H10ClN3O. The Kier molecular flexibility index (Phi) is 2.95. The minimum Gasteiger partial charge on any atom is -0.397 e. The predicted molar refractivity (Wildman–Crippen MR) is 45.6 cm³/mol. The Bertz CT molecular complexity index is 269. The average Bonchev–Trinajstić information content (AvgIpc) is 2.10. The fourth-order valence-corrected chi connectivity index (χ4v) is 0.835. The number of carbonyl (C=O) groups is 1. The number of nitrogens with two attached hydrogens (primary N) is 2. The van der Waals surface area contributed by atoms with Crippen molar-refractivity contribution >= 4 is 24.0 Å². The van der Waals surface area contributed by atoms with E-state index in [0.717, 1.165) is 0 Å². The van der Waals surface area contributed by atoms with E-state index < -0.39 is 5.91 Å². The number of aryl methyl sites for hydroxylation is 1. The Morgan fingerprint density at radius 3 is 2.36 bits per heavy atom. The van der Waals surface area contributed by atoms with E-state index in [0.29, 0.717) is 11.4 Å². The van der Waals surface area contributed by atoms with Crippen LogP contribution in [0.25, 0.3) is 0 Å². The van der Waals surface area contributed by atoms with Crippen LogP contribution in [0.2, 0.25) is 0 Å². The van der Waals surface area contributed by atoms with Crippen molar-refractivity contribution in [2.45, 2.75) is 0 Å². The van der Waals surface area contributed by atoms with Crippen LogP contribution in [0.15, 0.2) is 12.3 Å². The molecule has 0 aliphatic heterocycles. The summed E-state index contributed by atoms with van der Waals surface area (Å²) in [5.41, 5.74) is 11.4. The topological polar surface area (TPSA) is 74.0 Å². The monoisotopic (exact) mass is 175 g/mol. The van der Waals surface area contributed by atoms with E-state index in [-0.39, 0.29) is 12.4 Å². The van der Waals surface area contributed by atoms with E-state index in [9.17, 15) is 4.79 Å². The molecule has 4 nitrogen and oxygen atoms in total. The normalized spacial score (nSPS) is 8.82. The van der Waals surface area contributed by atoms with Gasteiger partial charge in [0, 0.05) is 13.2 Å². The lowest BCUT2D eigenvalue weighted by atomic mass is 10.4. The van der Waals surface area contributed by atoms with Gasteiger partial charge in [0.15, 0.2) is 0 Å². The number of rotatable bonds is 1. The molecule has 0 fully saturated rings. The molecule has 0 spiro atoms. The van der Waals surface area contributed by atoms with Gasteiger partial charge in [-0.1, -0.05) is 0 Å². The Labute approximate surface area is 70.6 Å². The van der Waals surface area contributed by atoms with Crippen molar-refractivity contribution < 1.29 is 4.79 Å². The molecule has 1 aromatic heterocycles. The zero-order valence-corrected chi connectivity index (χ0v) is 6.89. The van der Waals surface area contributed by atoms with Crippen LogP contribution >= 0.6 is 12.4 Å². The summed E-state index contributed by atoms with van der Waals surface area (Å²) in [6, 6.07) is 1.54. The summed E-state index contributed by atoms with van der Waals surface area (Å²) in [6.45, 7) is 0. The maximum Gasteiger partial charge on any atom is 0.265 e. The van der Waals surface area contributed by atoms with Gasteiger partial charge in [0.25, 0.3) is 5.91 Å². The fourth-order valence-electron chi connectivity index (χ4n) is 0.835. The van der Waals surface area contributed by atoms with Crippen molar-refractivity contribution in [2.24, 2.45) is 12.8 Å². The maximum absolute atomic E-state index is 10.6. The smallest absolute Gasteiger partial charge is 0.265 e. The summed E-state index contributed by atoms with van der Waals surface area (Å²) in [6.07, 6.45) is 1.64. The first-order chi connectivity index (χ1) is 4.61. The molecule has 62 valence electrons. The molecule has 11 heavy (non-hydrogen) atoms. The van der Waals surface area contributed by atoms with Crippen LogP contribution in [0.4, 0.5) is 5.69 Å². The number of primary amides is 1. The van der Waals surface area contributed by atoms with Gasteiger partial charge in [-0.05, 0) is 6.07 Å². The van der Waals surface area contributed by atoms with Gasteiger partial charge in [0.2, 0.25) is 0 Å². The molecular weight excluding hydrogens is 166 g/mol. The number of aromatic nitrogens is 1. The second-order valence-corrected chi connectivity index (χ2v) is 2.13. The van der Waals surface area contributed by atoms with E-state index in [2.05, 4.69) is 0 Å². The zero-order chi connectivity index (χ0) is 7.72. The largest absolute Gasteiger partial charge is 0.397 e. The summed E-state index contributed by atoms with van der Waals surface area (Å²) in [4.78, 5) is 10.6. The van der Waals surface area contributed by atoms with Crippen molar-refractivity contribution in [3.8, 4) is 0 Å². The first-order valence-corrected chi connectivity index (χ1v) is 2.83. The summed E-state index contributed by atoms with van der Waals surface area (Å²) < 4.78 is 1.59. The molecule has 1 rings (SSSR count). The van der Waals surface area contributed by atoms with Crippen molar-refractivity contribution in [3.63, 3.8) is 0 Å². The molecule has 0 aliphatic carbocycles. The minimum atomic E-state index is -0.459. The van der Waals surface area contributed by atoms with E-state index in [1.807, 2.05) is 0 Å². The number of carbonyl (C=O) groups excluding carboxylic acids is 1. The third-order valence-corrected chi connectivity index (χ3v) is 1.28. The third-order valence-electron chi connectivity index (χ3n) is 1.28. The summed E-state index contributed by atoms with van der Waals surface area (Å²) >= 11 is 0. The number of amides is 1. The number of hydrogen-bond donors (Lipinski definition) is 2. The number of nitrogen functional groups attached to an aromatic ring is 1. The molecule has 0 radical (unpaired) electrons. The molecule has 0 aromatic carbocycles. The predicted octanol–water partition coefficient (Wildman–Crippen LogP) is 0.128. The number of anilines is 1. The highest BCUT2D eigenvalue weighted by atomic mass is 35.5. The van der Waals surface area contributed by atoms with E-state index in [1.165, 1.54) is 0 Å². The fraction of sp³-hybridized carbons (Fsp3) is 0.167. The Morgan fingerprint density at radius 2 is 2.18 bits per heavy atom. The average molecular weight is 176 g/mol. The summed E-state index contributed by atoms with van der Waals surface area (Å²) in [5, 5.41) is 0. The van der Waals surface area contributed by atoms with Crippen LogP contribution in [0.5, 0.6) is 0 Å². The highest BCUT2D eigenvalue weighted by Gasteiger charge is 2.04. The maximum atomic E-state index is 10.6. The Balaban J connectivity index is 0.000001000. The van der Waals surface area contributed by atoms with Gasteiger partial charge in [-0.2, -0.15) is 0 Å². The molecule has 0 saturated carbocycles. The molecule has 4 N–H and O–H groups in total. The first-order valence-electron chi connectivity index (χ1n) is 2.83. The molecule has 0 unspecified atom stereocenters. The van der Waals surface area contributed by atoms with Crippen LogP contribution < -0.4 is 11.5 Å². The molecule has 0 saturated heterocycles. The summed E-state index contributed by atoms with van der Waals surface area (Å²) in [5.74, 6) is -0.459. The van der Waals surface area contributed by atoms with Crippen molar-refractivity contribution in [1.82, 2.24) is 4.57 Å². The van der Waals surface area contributed by atoms with Crippen LogP contribution in [-0.4, -0.2) is 10.5 Å². The number of hydrogen-bond acceptors (Lipinski definition) is 2. The number of halogens is 1. The van der Waals surface area contributed by atoms with E-state index in [1.54, 1.807) is 23.9 Å². The van der Waals surface area contributed by atoms with Crippen molar-refractivity contribution in [3.05, 3.63) is 18.0 Å². The zero-order valence-electron chi connectivity index (χ0n) is 6.07. The highest BCUT2D eigenvalue weighted by molar-refractivity contribution is 5.92. The van der Waals surface area contributed by atoms with Gasteiger partial charge in [0.05, 0.1) is 5.69 Å². The Hall–Kier alpha value is -1.16. The van der Waals surface area contributed by atoms with Gasteiger partial charge in [-0.3, -0.25) is 4.79 Å². The molecule has 1 amide bonds. The van der Waals surface area contributed by atoms with Crippen LogP contribution in [0.3, 0.4) is 0 Å². The quantitative estimate of drug-likeness (QED) is 0.637. The molecule has 5 heteroatoms. The van der Waals surface area contributed by atoms with Gasteiger partial charge in [0.1, 0.15) is 5.69 Å². The van der Waals surface area contributed by atoms with Gasteiger partial charge < -0.3 is 16.0 Å². The molecule has 1 aromatic rings. The molecule has 0 bridgehead atoms. The second-order valence-electron chi connectivity index (χ2n) is 2.13. The van der Waals surface area contributed by atoms with Gasteiger partial charge >= 0.3 is 0 Å². The van der Waals surface area contributed by atoms with Crippen molar-refractivity contribution in [2.75, 3.05) is 5.73 Å². The number of nitrogens with zero attached hydrogens (tertiary/aromatic N) is 1. The van der Waals surface area contributed by atoms with Crippen LogP contribution in [-0.2, 0) is 7.05 Å². The molecule has 1 heterocycles. The summed E-state index contributed by atoms with van der Waals surface area (Å²) in [7, 11) is 1.72. The van der Waals surface area contributed by atoms with Crippen LogP contribution in [0.1, 0.15) is 10.5 Å². The van der Waals surface area contributed by atoms with E-state index >= 15 is 0 Å². The van der Waals surface area contributed by atoms with Crippen molar-refractivity contribution in [1.29, 1.82) is 0 Å². The Morgan fingerprint density at radius 1 is 1.64 bits per heavy atom. The minimum absolute atomic E-state index is 0. The first kappa shape index (κ1) is 9.84. The van der Waals surface area contributed by atoms with Gasteiger partial charge in [-0.15, -0.1) is 12.4 Å². The SMILES string of the molecule is Cl.Cn1cc(N)cc1C(N)=O. The lowest BCUT2D eigenvalue weighted by Gasteiger charge is -1.93. The lowest BCUT2D eigenvalue weighted by molar-refractivity contribution is 0.0992. The highest BCUT2D eigenvalue weighted by Crippen LogP contribution is 2.06. The second kappa shape index (κ2) is 3.30. The standard InChI is InChI=1S/C6H9N3O.ClH/c1-9-3-4(7)2-5(9)6(8)10;/h2-3H,7H2,1H3,(H2,8,10);1H. The molecule has 0 aliphatic rings. The van der Waals surface area contributed by atoms with E-state index in [4.69, 9.17) is 11.5 Å². The molecule has 0 atom stereocenters. The lowest BCUT2D eigenvalue weighted by Crippen LogP contribution is -2.14. The van der Waals surface area contributed by atoms with Crippen LogP contribution in [0, 0.1) is 0 Å². The van der Waals surface area contributed by atoms with Gasteiger partial charge in [-0.25, -0.2) is 0 Å². The third kappa shape index (κ3) is 1.88.